The lowest BCUT2D eigenvalue weighted by Crippen LogP contribution is -2.06. The lowest BCUT2D eigenvalue weighted by molar-refractivity contribution is -0.0745. The lowest BCUT2D eigenvalue weighted by Gasteiger charge is -2.05. The molecule has 50 valence electrons. The van der Waals surface area contributed by atoms with Crippen LogP contribution < -0.4 is 0 Å². The highest BCUT2D eigenvalue weighted by Crippen LogP contribution is 1.86. The summed E-state index contributed by atoms with van der Waals surface area (Å²) in [6.07, 6.45) is 0.279. The molecule has 0 aromatic heterocycles. The van der Waals surface area contributed by atoms with Gasteiger partial charge in [0.25, 0.3) is 0 Å². The number of hydrogen-bond acceptors (Lipinski definition) is 2. The largest absolute Gasteiger partial charge is 0.356 e. The first-order valence-electron chi connectivity index (χ1n) is 2.96. The molecule has 0 aromatic carbocycles. The molecule has 0 bridgehead atoms. The molecule has 0 heterocycles. The van der Waals surface area contributed by atoms with Crippen LogP contribution in [0.4, 0.5) is 0 Å². The molecule has 0 saturated carbocycles. The van der Waals surface area contributed by atoms with Crippen molar-refractivity contribution in [2.24, 2.45) is 0 Å². The zero-order chi connectivity index (χ0) is 6.41. The Hall–Kier alpha value is -0.0800. The summed E-state index contributed by atoms with van der Waals surface area (Å²) in [5.41, 5.74) is 0. The van der Waals surface area contributed by atoms with Crippen LogP contribution in [-0.4, -0.2) is 19.5 Å². The predicted molar refractivity (Wildman–Crippen MR) is 32.7 cm³/mol. The Morgan fingerprint density at radius 2 is 2.00 bits per heavy atom. The van der Waals surface area contributed by atoms with Gasteiger partial charge in [-0.25, -0.2) is 0 Å². The van der Waals surface area contributed by atoms with Gasteiger partial charge in [0.2, 0.25) is 0 Å². The zero-order valence-corrected chi connectivity index (χ0v) is 5.81. The molecule has 0 aliphatic carbocycles. The van der Waals surface area contributed by atoms with Gasteiger partial charge < -0.3 is 9.47 Å². The monoisotopic (exact) mass is 118 g/mol. The first-order chi connectivity index (χ1) is 3.77. The summed E-state index contributed by atoms with van der Waals surface area (Å²) < 4.78 is 9.98. The summed E-state index contributed by atoms with van der Waals surface area (Å²) in [5.74, 6) is 0. The van der Waals surface area contributed by atoms with Gasteiger partial charge in [0, 0.05) is 6.61 Å². The van der Waals surface area contributed by atoms with E-state index in [1.54, 1.807) is 0 Å². The van der Waals surface area contributed by atoms with Crippen molar-refractivity contribution in [3.63, 3.8) is 0 Å². The molecule has 2 heteroatoms. The molecule has 0 N–H and O–H groups in total. The number of rotatable bonds is 4. The normalized spacial score (nSPS) is 10.5. The third kappa shape index (κ3) is 5.92. The van der Waals surface area contributed by atoms with Crippen LogP contribution in [0, 0.1) is 0 Å². The van der Waals surface area contributed by atoms with Crippen LogP contribution in [0.5, 0.6) is 0 Å². The van der Waals surface area contributed by atoms with Gasteiger partial charge in [-0.05, 0) is 20.8 Å². The van der Waals surface area contributed by atoms with Crippen molar-refractivity contribution < 1.29 is 9.47 Å². The van der Waals surface area contributed by atoms with Crippen LogP contribution in [0.25, 0.3) is 0 Å². The average Bonchev–Trinajstić information content (AvgIpc) is 1.66. The van der Waals surface area contributed by atoms with Crippen LogP contribution in [0.2, 0.25) is 0 Å². The maximum Gasteiger partial charge on any atom is 0.147 e. The van der Waals surface area contributed by atoms with Gasteiger partial charge in [0.1, 0.15) is 6.79 Å². The number of ether oxygens (including phenoxy) is 2. The number of hydrogen-bond donors (Lipinski definition) is 0. The van der Waals surface area contributed by atoms with Crippen molar-refractivity contribution in [3.05, 3.63) is 0 Å². The van der Waals surface area contributed by atoms with Gasteiger partial charge in [-0.3, -0.25) is 0 Å². The van der Waals surface area contributed by atoms with Crippen molar-refractivity contribution in [3.8, 4) is 0 Å². The third-order valence-electron chi connectivity index (χ3n) is 0.689. The Labute approximate surface area is 50.8 Å². The van der Waals surface area contributed by atoms with Crippen LogP contribution in [0.15, 0.2) is 0 Å². The standard InChI is InChI=1S/C6H14O2/c1-4-7-5-8-6(2)3/h6H,4-5H2,1-3H3. The molecule has 0 spiro atoms. The average molecular weight is 118 g/mol. The van der Waals surface area contributed by atoms with Crippen LogP contribution in [0.3, 0.4) is 0 Å². The molecule has 0 atom stereocenters. The zero-order valence-electron chi connectivity index (χ0n) is 5.81. The maximum absolute atomic E-state index is 5.06. The topological polar surface area (TPSA) is 18.5 Å². The quantitative estimate of drug-likeness (QED) is 0.410. The minimum Gasteiger partial charge on any atom is -0.356 e. The van der Waals surface area contributed by atoms with E-state index < -0.39 is 0 Å². The third-order valence-corrected chi connectivity index (χ3v) is 0.689. The van der Waals surface area contributed by atoms with Crippen molar-refractivity contribution >= 4 is 0 Å². The molecule has 0 aromatic rings. The summed E-state index contributed by atoms with van der Waals surface area (Å²) in [5, 5.41) is 0. The van der Waals surface area contributed by atoms with Gasteiger partial charge >= 0.3 is 0 Å². The molecule has 0 unspecified atom stereocenters. The fourth-order valence-corrected chi connectivity index (χ4v) is 0.268. The maximum atomic E-state index is 5.06. The summed E-state index contributed by atoms with van der Waals surface area (Å²) in [4.78, 5) is 0. The predicted octanol–water partition coefficient (Wildman–Crippen LogP) is 1.41. The summed E-state index contributed by atoms with van der Waals surface area (Å²) in [6.45, 7) is 7.07. The first kappa shape index (κ1) is 7.92. The van der Waals surface area contributed by atoms with Crippen molar-refractivity contribution in [2.45, 2.75) is 26.9 Å². The van der Waals surface area contributed by atoms with E-state index in [9.17, 15) is 0 Å². The van der Waals surface area contributed by atoms with E-state index in [-0.39, 0.29) is 6.10 Å². The molecule has 0 aliphatic heterocycles. The van der Waals surface area contributed by atoms with Gasteiger partial charge in [-0.15, -0.1) is 0 Å². The Bertz CT molecular complexity index is 43.8. The van der Waals surface area contributed by atoms with E-state index in [1.165, 1.54) is 0 Å². The van der Waals surface area contributed by atoms with Gasteiger partial charge in [0.05, 0.1) is 6.10 Å². The Morgan fingerprint density at radius 1 is 1.38 bits per heavy atom. The summed E-state index contributed by atoms with van der Waals surface area (Å²) in [6, 6.07) is 0. The van der Waals surface area contributed by atoms with E-state index in [2.05, 4.69) is 0 Å². The van der Waals surface area contributed by atoms with Gasteiger partial charge in [-0.1, -0.05) is 0 Å². The molecule has 8 heavy (non-hydrogen) atoms. The van der Waals surface area contributed by atoms with E-state index in [0.717, 1.165) is 6.61 Å². The van der Waals surface area contributed by atoms with Crippen LogP contribution in [0.1, 0.15) is 20.8 Å². The molecule has 0 saturated heterocycles. The highest BCUT2D eigenvalue weighted by atomic mass is 16.7. The van der Waals surface area contributed by atoms with E-state index >= 15 is 0 Å². The minimum absolute atomic E-state index is 0.279. The fraction of sp³-hybridized carbons (Fsp3) is 1.00. The Morgan fingerprint density at radius 3 is 2.38 bits per heavy atom. The van der Waals surface area contributed by atoms with E-state index in [0.29, 0.717) is 6.79 Å². The summed E-state index contributed by atoms with van der Waals surface area (Å²) in [7, 11) is 0. The highest BCUT2D eigenvalue weighted by molar-refractivity contribution is 4.29. The van der Waals surface area contributed by atoms with Crippen molar-refractivity contribution in [1.82, 2.24) is 0 Å². The van der Waals surface area contributed by atoms with E-state index in [4.69, 9.17) is 9.47 Å². The van der Waals surface area contributed by atoms with Crippen molar-refractivity contribution in [2.75, 3.05) is 13.4 Å². The highest BCUT2D eigenvalue weighted by Gasteiger charge is 1.88. The second-order valence-corrected chi connectivity index (χ2v) is 1.83. The van der Waals surface area contributed by atoms with Crippen LogP contribution >= 0.6 is 0 Å². The van der Waals surface area contributed by atoms with E-state index in [1.807, 2.05) is 20.8 Å². The molecule has 0 fully saturated rings. The molecule has 0 aliphatic rings. The SMILES string of the molecule is CCOCOC(C)C. The Kier molecular flexibility index (Phi) is 5.01. The lowest BCUT2D eigenvalue weighted by atomic mass is 10.5. The molecule has 0 amide bonds. The minimum atomic E-state index is 0.279. The summed E-state index contributed by atoms with van der Waals surface area (Å²) >= 11 is 0. The Balaban J connectivity index is 2.72. The second-order valence-electron chi connectivity index (χ2n) is 1.83. The smallest absolute Gasteiger partial charge is 0.147 e. The molecular weight excluding hydrogens is 104 g/mol. The van der Waals surface area contributed by atoms with Gasteiger partial charge in [0.15, 0.2) is 0 Å². The van der Waals surface area contributed by atoms with Crippen molar-refractivity contribution in [1.29, 1.82) is 0 Å². The molecular formula is C6H14O2. The fourth-order valence-electron chi connectivity index (χ4n) is 0.268. The first-order valence-corrected chi connectivity index (χ1v) is 2.96. The molecule has 0 rings (SSSR count). The molecule has 0 radical (unpaired) electrons. The van der Waals surface area contributed by atoms with Crippen LogP contribution in [-0.2, 0) is 9.47 Å². The molecule has 2 nitrogen and oxygen atoms in total. The second kappa shape index (κ2) is 5.06. The van der Waals surface area contributed by atoms with Gasteiger partial charge in [-0.2, -0.15) is 0 Å².